The molecular weight excluding hydrogens is 278 g/mol. The van der Waals surface area contributed by atoms with Crippen molar-refractivity contribution in [3.63, 3.8) is 0 Å². The van der Waals surface area contributed by atoms with Crippen LogP contribution in [0.25, 0.3) is 22.9 Å². The summed E-state index contributed by atoms with van der Waals surface area (Å²) in [6.07, 6.45) is 6.91. The second kappa shape index (κ2) is 6.11. The summed E-state index contributed by atoms with van der Waals surface area (Å²) in [7, 11) is 0. The minimum absolute atomic E-state index is 0.690. The lowest BCUT2D eigenvalue weighted by Gasteiger charge is -2.03. The number of aryl methyl sites for hydroxylation is 1. The van der Waals surface area contributed by atoms with E-state index in [-0.39, 0.29) is 0 Å². The summed E-state index contributed by atoms with van der Waals surface area (Å²) in [4.78, 5) is 4.45. The van der Waals surface area contributed by atoms with Gasteiger partial charge in [-0.1, -0.05) is 73.1 Å². The first-order valence-electron chi connectivity index (χ1n) is 7.08. The highest BCUT2D eigenvalue weighted by Gasteiger charge is 2.03. The molecule has 0 N–H and O–H groups in total. The fraction of sp³-hybridized carbons (Fsp3) is 0.105. The molecule has 104 valence electrons. The van der Waals surface area contributed by atoms with Crippen LogP contribution in [0.4, 0.5) is 0 Å². The highest BCUT2D eigenvalue weighted by atomic mass is 35.5. The molecule has 3 aromatic rings. The standard InChI is InChI=1S/C19H16ClN/c1-2-14-6-5-7-15(12-14)10-11-19-17-9-4-3-8-16(17)18(20)13-21-19/h3-13H,2H2,1H3/b11-10+. The molecule has 0 bridgehead atoms. The van der Waals surface area contributed by atoms with Crippen LogP contribution in [0.1, 0.15) is 23.7 Å². The molecule has 0 spiro atoms. The molecule has 0 saturated heterocycles. The van der Waals surface area contributed by atoms with Gasteiger partial charge >= 0.3 is 0 Å². The number of rotatable bonds is 3. The number of hydrogen-bond acceptors (Lipinski definition) is 1. The van der Waals surface area contributed by atoms with Gasteiger partial charge in [0.25, 0.3) is 0 Å². The Bertz CT molecular complexity index is 806. The van der Waals surface area contributed by atoms with Crippen molar-refractivity contribution in [3.05, 3.63) is 76.6 Å². The number of nitrogens with zero attached hydrogens (tertiary/aromatic N) is 1. The zero-order valence-electron chi connectivity index (χ0n) is 11.9. The molecule has 0 aliphatic heterocycles. The molecule has 2 aromatic carbocycles. The molecule has 0 radical (unpaired) electrons. The third-order valence-electron chi connectivity index (χ3n) is 3.57. The second-order valence-electron chi connectivity index (χ2n) is 4.97. The van der Waals surface area contributed by atoms with Crippen LogP contribution in [0.2, 0.25) is 5.02 Å². The predicted octanol–water partition coefficient (Wildman–Crippen LogP) is 5.62. The maximum Gasteiger partial charge on any atom is 0.0709 e. The molecule has 0 atom stereocenters. The van der Waals surface area contributed by atoms with Crippen LogP contribution in [-0.2, 0) is 6.42 Å². The number of benzene rings is 2. The number of hydrogen-bond donors (Lipinski definition) is 0. The molecule has 21 heavy (non-hydrogen) atoms. The van der Waals surface area contributed by atoms with Crippen LogP contribution in [0.3, 0.4) is 0 Å². The molecule has 0 unspecified atom stereocenters. The van der Waals surface area contributed by atoms with Crippen LogP contribution in [0.5, 0.6) is 0 Å². The molecule has 0 amide bonds. The van der Waals surface area contributed by atoms with E-state index in [1.807, 2.05) is 24.3 Å². The van der Waals surface area contributed by atoms with Crippen molar-refractivity contribution in [1.82, 2.24) is 4.98 Å². The van der Waals surface area contributed by atoms with Gasteiger partial charge in [0.2, 0.25) is 0 Å². The van der Waals surface area contributed by atoms with Crippen molar-refractivity contribution in [2.45, 2.75) is 13.3 Å². The van der Waals surface area contributed by atoms with E-state index < -0.39 is 0 Å². The summed E-state index contributed by atoms with van der Waals surface area (Å²) in [5.41, 5.74) is 3.47. The van der Waals surface area contributed by atoms with Gasteiger partial charge in [0, 0.05) is 17.0 Å². The highest BCUT2D eigenvalue weighted by Crippen LogP contribution is 2.25. The molecule has 0 aliphatic rings. The summed E-state index contributed by atoms with van der Waals surface area (Å²) in [5, 5.41) is 2.81. The Morgan fingerprint density at radius 3 is 2.62 bits per heavy atom. The highest BCUT2D eigenvalue weighted by molar-refractivity contribution is 6.35. The van der Waals surface area contributed by atoms with Crippen LogP contribution >= 0.6 is 11.6 Å². The molecule has 1 nitrogen and oxygen atoms in total. The van der Waals surface area contributed by atoms with Crippen LogP contribution in [0.15, 0.2) is 54.7 Å². The van der Waals surface area contributed by atoms with E-state index in [2.05, 4.69) is 48.3 Å². The van der Waals surface area contributed by atoms with E-state index >= 15 is 0 Å². The Morgan fingerprint density at radius 1 is 1.00 bits per heavy atom. The summed E-state index contributed by atoms with van der Waals surface area (Å²) in [6.45, 7) is 2.16. The molecule has 0 saturated carbocycles. The van der Waals surface area contributed by atoms with Crippen LogP contribution < -0.4 is 0 Å². The van der Waals surface area contributed by atoms with E-state index in [0.717, 1.165) is 22.9 Å². The minimum atomic E-state index is 0.690. The van der Waals surface area contributed by atoms with Crippen LogP contribution in [-0.4, -0.2) is 4.98 Å². The predicted molar refractivity (Wildman–Crippen MR) is 91.5 cm³/mol. The fourth-order valence-corrected chi connectivity index (χ4v) is 2.62. The van der Waals surface area contributed by atoms with Gasteiger partial charge in [0.05, 0.1) is 10.7 Å². The lowest BCUT2D eigenvalue weighted by atomic mass is 10.1. The minimum Gasteiger partial charge on any atom is -0.255 e. The number of pyridine rings is 1. The third-order valence-corrected chi connectivity index (χ3v) is 3.87. The molecule has 0 fully saturated rings. The van der Waals surface area contributed by atoms with Gasteiger partial charge in [-0.05, 0) is 23.6 Å². The molecular formula is C19H16ClN. The quantitative estimate of drug-likeness (QED) is 0.610. The SMILES string of the molecule is CCc1cccc(/C=C/c2ncc(Cl)c3ccccc23)c1. The van der Waals surface area contributed by atoms with E-state index in [1.54, 1.807) is 6.20 Å². The van der Waals surface area contributed by atoms with Crippen molar-refractivity contribution in [2.75, 3.05) is 0 Å². The monoisotopic (exact) mass is 293 g/mol. The smallest absolute Gasteiger partial charge is 0.0709 e. The van der Waals surface area contributed by atoms with Gasteiger partial charge in [0.1, 0.15) is 0 Å². The second-order valence-corrected chi connectivity index (χ2v) is 5.38. The maximum absolute atomic E-state index is 6.20. The van der Waals surface area contributed by atoms with Crippen molar-refractivity contribution < 1.29 is 0 Å². The van der Waals surface area contributed by atoms with E-state index in [4.69, 9.17) is 11.6 Å². The van der Waals surface area contributed by atoms with E-state index in [0.29, 0.717) is 5.02 Å². The van der Waals surface area contributed by atoms with Crippen LogP contribution in [0, 0.1) is 0 Å². The molecule has 2 heteroatoms. The summed E-state index contributed by atoms with van der Waals surface area (Å²) in [5.74, 6) is 0. The molecule has 1 heterocycles. The first-order valence-corrected chi connectivity index (χ1v) is 7.46. The van der Waals surface area contributed by atoms with Crippen molar-refractivity contribution >= 4 is 34.5 Å². The average molecular weight is 294 g/mol. The number of fused-ring (bicyclic) bond motifs is 1. The Hall–Kier alpha value is -2.12. The fourth-order valence-electron chi connectivity index (χ4n) is 2.40. The Labute approximate surface area is 129 Å². The van der Waals surface area contributed by atoms with Gasteiger partial charge in [-0.25, -0.2) is 0 Å². The van der Waals surface area contributed by atoms with E-state index in [1.165, 1.54) is 11.1 Å². The number of halogens is 1. The topological polar surface area (TPSA) is 12.9 Å². The zero-order chi connectivity index (χ0) is 14.7. The maximum atomic E-state index is 6.20. The van der Waals surface area contributed by atoms with Gasteiger partial charge in [0.15, 0.2) is 0 Å². The van der Waals surface area contributed by atoms with Gasteiger partial charge in [-0.2, -0.15) is 0 Å². The number of aromatic nitrogens is 1. The molecule has 1 aromatic heterocycles. The summed E-state index contributed by atoms with van der Waals surface area (Å²) in [6, 6.07) is 16.6. The zero-order valence-corrected chi connectivity index (χ0v) is 12.6. The Morgan fingerprint density at radius 2 is 1.81 bits per heavy atom. The van der Waals surface area contributed by atoms with Gasteiger partial charge in [-0.15, -0.1) is 0 Å². The molecule has 3 rings (SSSR count). The van der Waals surface area contributed by atoms with Gasteiger partial charge in [-0.3, -0.25) is 4.98 Å². The van der Waals surface area contributed by atoms with E-state index in [9.17, 15) is 0 Å². The first-order chi connectivity index (χ1) is 10.3. The average Bonchev–Trinajstić information content (AvgIpc) is 2.55. The lowest BCUT2D eigenvalue weighted by molar-refractivity contribution is 1.14. The first kappa shape index (κ1) is 13.8. The van der Waals surface area contributed by atoms with Crippen molar-refractivity contribution in [1.29, 1.82) is 0 Å². The summed E-state index contributed by atoms with van der Waals surface area (Å²) >= 11 is 6.20. The Balaban J connectivity index is 2.01. The lowest BCUT2D eigenvalue weighted by Crippen LogP contribution is -1.85. The summed E-state index contributed by atoms with van der Waals surface area (Å²) < 4.78 is 0. The largest absolute Gasteiger partial charge is 0.255 e. The Kier molecular flexibility index (Phi) is 4.03. The van der Waals surface area contributed by atoms with Crippen molar-refractivity contribution in [2.24, 2.45) is 0 Å². The third kappa shape index (κ3) is 2.98. The van der Waals surface area contributed by atoms with Crippen molar-refractivity contribution in [3.8, 4) is 0 Å². The molecule has 0 aliphatic carbocycles. The van der Waals surface area contributed by atoms with Gasteiger partial charge < -0.3 is 0 Å². The normalized spacial score (nSPS) is 11.3.